The molecule has 0 aliphatic rings. The Kier molecular flexibility index (Phi) is 5.22. The number of hydrogen-bond donors (Lipinski definition) is 1. The van der Waals surface area contributed by atoms with E-state index in [1.807, 2.05) is 0 Å². The topological polar surface area (TPSA) is 46.2 Å². The molecule has 2 aromatic rings. The average Bonchev–Trinajstić information content (AvgIpc) is 2.44. The van der Waals surface area contributed by atoms with E-state index in [-0.39, 0.29) is 22.3 Å². The minimum absolute atomic E-state index is 0.0519. The van der Waals surface area contributed by atoms with Gasteiger partial charge in [0.15, 0.2) is 0 Å². The van der Waals surface area contributed by atoms with Gasteiger partial charge in [-0.3, -0.25) is 0 Å². The molecule has 0 saturated heterocycles. The molecule has 1 N–H and O–H groups in total. The van der Waals surface area contributed by atoms with Crippen molar-refractivity contribution in [1.29, 1.82) is 0 Å². The summed E-state index contributed by atoms with van der Waals surface area (Å²) in [6, 6.07) is 10.0. The Morgan fingerprint density at radius 2 is 1.67 bits per heavy atom. The molecule has 2 aromatic carbocycles. The molecule has 0 fully saturated rings. The summed E-state index contributed by atoms with van der Waals surface area (Å²) in [7, 11) is -3.65. The maximum Gasteiger partial charge on any atom is 0.240 e. The summed E-state index contributed by atoms with van der Waals surface area (Å²) in [5.41, 5.74) is 0.841. The van der Waals surface area contributed by atoms with Crippen LogP contribution in [0, 0.1) is 5.82 Å². The number of sulfonamides is 1. The van der Waals surface area contributed by atoms with Crippen LogP contribution in [0.1, 0.15) is 5.56 Å². The predicted octanol–water partition coefficient (Wildman–Crippen LogP) is 3.65. The van der Waals surface area contributed by atoms with Gasteiger partial charge < -0.3 is 0 Å². The van der Waals surface area contributed by atoms with Crippen molar-refractivity contribution < 1.29 is 12.8 Å². The molecular weight excluding hydrogens is 336 g/mol. The van der Waals surface area contributed by atoms with E-state index >= 15 is 0 Å². The molecule has 0 atom stereocenters. The zero-order valence-corrected chi connectivity index (χ0v) is 13.1. The summed E-state index contributed by atoms with van der Waals surface area (Å²) in [5.74, 6) is -0.324. The Morgan fingerprint density at radius 3 is 2.29 bits per heavy atom. The molecule has 0 saturated carbocycles. The maximum absolute atomic E-state index is 12.8. The van der Waals surface area contributed by atoms with Crippen molar-refractivity contribution >= 4 is 33.2 Å². The third-order valence-electron chi connectivity index (χ3n) is 2.82. The van der Waals surface area contributed by atoms with Crippen molar-refractivity contribution in [2.45, 2.75) is 11.3 Å². The standard InChI is InChI=1S/C14H12Cl2FNO2S/c15-13-6-5-12(9-14(13)16)21(19,20)18-8-7-10-1-3-11(17)4-2-10/h1-6,9,18H,7-8H2. The first-order valence-corrected chi connectivity index (χ1v) is 8.31. The first-order chi connectivity index (χ1) is 9.88. The lowest BCUT2D eigenvalue weighted by Gasteiger charge is -2.08. The highest BCUT2D eigenvalue weighted by molar-refractivity contribution is 7.89. The van der Waals surface area contributed by atoms with Crippen LogP contribution in [0.2, 0.25) is 10.0 Å². The van der Waals surface area contributed by atoms with Crippen LogP contribution >= 0.6 is 23.2 Å². The molecule has 21 heavy (non-hydrogen) atoms. The van der Waals surface area contributed by atoms with Crippen molar-refractivity contribution in [2.75, 3.05) is 6.54 Å². The van der Waals surface area contributed by atoms with Gasteiger partial charge >= 0.3 is 0 Å². The summed E-state index contributed by atoms with van der Waals surface area (Å²) in [6.07, 6.45) is 0.459. The summed E-state index contributed by atoms with van der Waals surface area (Å²) in [5, 5.41) is 0.472. The molecule has 3 nitrogen and oxygen atoms in total. The summed E-state index contributed by atoms with van der Waals surface area (Å²) < 4.78 is 39.4. The lowest BCUT2D eigenvalue weighted by Crippen LogP contribution is -2.26. The van der Waals surface area contributed by atoms with Crippen molar-refractivity contribution in [2.24, 2.45) is 0 Å². The van der Waals surface area contributed by atoms with Crippen LogP contribution in [-0.4, -0.2) is 15.0 Å². The molecule has 0 unspecified atom stereocenters. The lowest BCUT2D eigenvalue weighted by molar-refractivity contribution is 0.581. The van der Waals surface area contributed by atoms with Crippen LogP contribution < -0.4 is 4.72 Å². The molecule has 0 aliphatic carbocycles. The summed E-state index contributed by atoms with van der Waals surface area (Å²) >= 11 is 11.6. The molecular formula is C14H12Cl2FNO2S. The third kappa shape index (κ3) is 4.41. The van der Waals surface area contributed by atoms with E-state index in [2.05, 4.69) is 4.72 Å². The SMILES string of the molecule is O=S(=O)(NCCc1ccc(F)cc1)c1ccc(Cl)c(Cl)c1. The highest BCUT2D eigenvalue weighted by atomic mass is 35.5. The summed E-state index contributed by atoms with van der Waals surface area (Å²) in [4.78, 5) is 0.0519. The normalized spacial score (nSPS) is 11.6. The number of hydrogen-bond acceptors (Lipinski definition) is 2. The van der Waals surface area contributed by atoms with Crippen LogP contribution in [0.3, 0.4) is 0 Å². The second-order valence-electron chi connectivity index (χ2n) is 4.35. The van der Waals surface area contributed by atoms with Crippen LogP contribution in [0.25, 0.3) is 0 Å². The van der Waals surface area contributed by atoms with Crippen LogP contribution in [0.4, 0.5) is 4.39 Å². The number of rotatable bonds is 5. The number of halogens is 3. The zero-order chi connectivity index (χ0) is 15.5. The Hall–Kier alpha value is -1.14. The highest BCUT2D eigenvalue weighted by Crippen LogP contribution is 2.24. The minimum Gasteiger partial charge on any atom is -0.211 e. The van der Waals surface area contributed by atoms with Crippen molar-refractivity contribution in [3.05, 3.63) is 63.9 Å². The first-order valence-electron chi connectivity index (χ1n) is 6.08. The van der Waals surface area contributed by atoms with E-state index < -0.39 is 10.0 Å². The minimum atomic E-state index is -3.65. The van der Waals surface area contributed by atoms with E-state index in [0.29, 0.717) is 11.4 Å². The van der Waals surface area contributed by atoms with Gasteiger partial charge in [-0.1, -0.05) is 35.3 Å². The van der Waals surface area contributed by atoms with Crippen LogP contribution in [0.15, 0.2) is 47.4 Å². The van der Waals surface area contributed by atoms with Crippen molar-refractivity contribution in [3.8, 4) is 0 Å². The van der Waals surface area contributed by atoms with Gasteiger partial charge in [0.1, 0.15) is 5.82 Å². The van der Waals surface area contributed by atoms with Gasteiger partial charge in [-0.15, -0.1) is 0 Å². The van der Waals surface area contributed by atoms with Gasteiger partial charge in [0.05, 0.1) is 14.9 Å². The first kappa shape index (κ1) is 16.2. The molecule has 0 heterocycles. The van der Waals surface area contributed by atoms with E-state index in [1.165, 1.54) is 30.3 Å². The van der Waals surface area contributed by atoms with Gasteiger partial charge in [0.2, 0.25) is 10.0 Å². The lowest BCUT2D eigenvalue weighted by atomic mass is 10.1. The third-order valence-corrected chi connectivity index (χ3v) is 5.02. The quantitative estimate of drug-likeness (QED) is 0.897. The smallest absolute Gasteiger partial charge is 0.211 e. The molecule has 0 amide bonds. The molecule has 0 aliphatic heterocycles. The fourth-order valence-corrected chi connectivity index (χ4v) is 3.13. The monoisotopic (exact) mass is 347 g/mol. The van der Waals surface area contributed by atoms with Gasteiger partial charge in [-0.2, -0.15) is 0 Å². The van der Waals surface area contributed by atoms with E-state index in [0.717, 1.165) is 5.56 Å². The van der Waals surface area contributed by atoms with Crippen molar-refractivity contribution in [1.82, 2.24) is 4.72 Å². The average molecular weight is 348 g/mol. The number of nitrogens with one attached hydrogen (secondary N) is 1. The second kappa shape index (κ2) is 6.75. The molecule has 7 heteroatoms. The van der Waals surface area contributed by atoms with Crippen LogP contribution in [0.5, 0.6) is 0 Å². The Balaban J connectivity index is 2.01. The van der Waals surface area contributed by atoms with Gasteiger partial charge in [-0.05, 0) is 42.3 Å². The number of benzene rings is 2. The van der Waals surface area contributed by atoms with E-state index in [4.69, 9.17) is 23.2 Å². The second-order valence-corrected chi connectivity index (χ2v) is 6.93. The molecule has 0 aromatic heterocycles. The fraction of sp³-hybridized carbons (Fsp3) is 0.143. The molecule has 2 rings (SSSR count). The van der Waals surface area contributed by atoms with Gasteiger partial charge in [0.25, 0.3) is 0 Å². The molecule has 112 valence electrons. The van der Waals surface area contributed by atoms with Crippen molar-refractivity contribution in [3.63, 3.8) is 0 Å². The fourth-order valence-electron chi connectivity index (χ4n) is 1.71. The molecule has 0 spiro atoms. The van der Waals surface area contributed by atoms with Gasteiger partial charge in [0, 0.05) is 6.54 Å². The molecule has 0 radical (unpaired) electrons. The Labute approximate surface area is 132 Å². The largest absolute Gasteiger partial charge is 0.240 e. The summed E-state index contributed by atoms with van der Waals surface area (Å²) in [6.45, 7) is 0.203. The zero-order valence-electron chi connectivity index (χ0n) is 10.8. The predicted molar refractivity (Wildman–Crippen MR) is 81.8 cm³/mol. The Bertz CT molecular complexity index is 733. The molecule has 0 bridgehead atoms. The highest BCUT2D eigenvalue weighted by Gasteiger charge is 2.14. The maximum atomic E-state index is 12.8. The van der Waals surface area contributed by atoms with E-state index in [1.54, 1.807) is 12.1 Å². The van der Waals surface area contributed by atoms with Crippen LogP contribution in [-0.2, 0) is 16.4 Å². The van der Waals surface area contributed by atoms with Gasteiger partial charge in [-0.25, -0.2) is 17.5 Å². The van der Waals surface area contributed by atoms with E-state index in [9.17, 15) is 12.8 Å². The Morgan fingerprint density at radius 1 is 1.00 bits per heavy atom.